The van der Waals surface area contributed by atoms with Crippen LogP contribution in [0.25, 0.3) is 0 Å². The molecule has 138 valence electrons. The fraction of sp³-hybridized carbons (Fsp3) is 0.333. The van der Waals surface area contributed by atoms with Crippen molar-refractivity contribution in [1.29, 1.82) is 0 Å². The molecule has 1 fully saturated rings. The van der Waals surface area contributed by atoms with Gasteiger partial charge in [-0.3, -0.25) is 9.59 Å². The van der Waals surface area contributed by atoms with Crippen LogP contribution in [0.1, 0.15) is 28.2 Å². The summed E-state index contributed by atoms with van der Waals surface area (Å²) in [5.74, 6) is -5.51. The van der Waals surface area contributed by atoms with Crippen LogP contribution in [0.5, 0.6) is 0 Å². The van der Waals surface area contributed by atoms with Crippen LogP contribution in [0.3, 0.4) is 0 Å². The van der Waals surface area contributed by atoms with Crippen molar-refractivity contribution >= 4 is 17.5 Å². The van der Waals surface area contributed by atoms with Gasteiger partial charge in [0.05, 0.1) is 5.92 Å². The molecule has 0 saturated carbocycles. The van der Waals surface area contributed by atoms with Gasteiger partial charge in [-0.2, -0.15) is 0 Å². The number of amides is 2. The Morgan fingerprint density at radius 2 is 1.81 bits per heavy atom. The first-order valence-electron chi connectivity index (χ1n) is 8.17. The molecule has 26 heavy (non-hydrogen) atoms. The third-order valence-corrected chi connectivity index (χ3v) is 4.60. The van der Waals surface area contributed by atoms with Crippen LogP contribution >= 0.6 is 0 Å². The first-order chi connectivity index (χ1) is 12.3. The number of aromatic nitrogens is 1. The number of H-pyrrole nitrogens is 1. The number of rotatable bonds is 3. The molecule has 0 spiro atoms. The fourth-order valence-electron chi connectivity index (χ4n) is 2.98. The number of hydrogen-bond donors (Lipinski definition) is 2. The lowest BCUT2D eigenvalue weighted by Crippen LogP contribution is -2.31. The number of anilines is 1. The molecular weight excluding hydrogens is 347 g/mol. The molecule has 1 aliphatic heterocycles. The maximum absolute atomic E-state index is 13.2. The van der Waals surface area contributed by atoms with Gasteiger partial charge < -0.3 is 15.2 Å². The number of nitrogens with zero attached hydrogens (tertiary/aromatic N) is 1. The molecule has 0 unspecified atom stereocenters. The lowest BCUT2D eigenvalue weighted by molar-refractivity contribution is -0.119. The summed E-state index contributed by atoms with van der Waals surface area (Å²) in [5, 5.41) is 2.37. The van der Waals surface area contributed by atoms with Gasteiger partial charge in [0, 0.05) is 36.6 Å². The number of aromatic amines is 1. The Hall–Kier alpha value is -2.77. The van der Waals surface area contributed by atoms with Crippen LogP contribution in [0.4, 0.5) is 18.9 Å². The molecule has 2 N–H and O–H groups in total. The third-order valence-electron chi connectivity index (χ3n) is 4.60. The number of aryl methyl sites for hydroxylation is 2. The number of benzene rings is 1. The minimum absolute atomic E-state index is 0.160. The van der Waals surface area contributed by atoms with Crippen LogP contribution in [0.2, 0.25) is 0 Å². The van der Waals surface area contributed by atoms with E-state index in [-0.39, 0.29) is 18.1 Å². The Balaban J connectivity index is 1.65. The second-order valence-electron chi connectivity index (χ2n) is 6.47. The van der Waals surface area contributed by atoms with Gasteiger partial charge in [0.25, 0.3) is 5.91 Å². The lowest BCUT2D eigenvalue weighted by atomic mass is 10.1. The summed E-state index contributed by atoms with van der Waals surface area (Å²) >= 11 is 0. The number of hydrogen-bond acceptors (Lipinski definition) is 2. The molecule has 0 radical (unpaired) electrons. The standard InChI is InChI=1S/C18H18F3N3O2/c1-9-5-15(22-10(9)2)18(26)24-4-3-11(8-24)17(25)23-12-6-13(19)16(21)14(20)7-12/h5-7,11,22H,3-4,8H2,1-2H3,(H,23,25)/t11-/m0/s1. The molecule has 1 aromatic heterocycles. The van der Waals surface area contributed by atoms with Gasteiger partial charge in [-0.15, -0.1) is 0 Å². The van der Waals surface area contributed by atoms with E-state index in [2.05, 4.69) is 10.3 Å². The maximum atomic E-state index is 13.2. The van der Waals surface area contributed by atoms with Crippen LogP contribution in [0, 0.1) is 37.2 Å². The van der Waals surface area contributed by atoms with E-state index in [0.29, 0.717) is 18.7 Å². The molecule has 1 atom stereocenters. The first-order valence-corrected chi connectivity index (χ1v) is 8.17. The molecule has 2 amide bonds. The monoisotopic (exact) mass is 365 g/mol. The van der Waals surface area contributed by atoms with Crippen molar-refractivity contribution in [2.24, 2.45) is 5.92 Å². The Bertz CT molecular complexity index is 836. The molecule has 3 rings (SSSR count). The van der Waals surface area contributed by atoms with Gasteiger partial charge in [0.15, 0.2) is 17.5 Å². The predicted molar refractivity (Wildman–Crippen MR) is 89.2 cm³/mol. The Morgan fingerprint density at radius 3 is 2.38 bits per heavy atom. The third kappa shape index (κ3) is 3.44. The molecule has 1 aromatic carbocycles. The molecule has 8 heteroatoms. The number of carbonyl (C=O) groups excluding carboxylic acids is 2. The second-order valence-corrected chi connectivity index (χ2v) is 6.47. The summed E-state index contributed by atoms with van der Waals surface area (Å²) in [7, 11) is 0. The van der Waals surface area contributed by atoms with Gasteiger partial charge in [0.2, 0.25) is 5.91 Å². The normalized spacial score (nSPS) is 16.8. The number of nitrogens with one attached hydrogen (secondary N) is 2. The first kappa shape index (κ1) is 18.0. The summed E-state index contributed by atoms with van der Waals surface area (Å²) < 4.78 is 39.4. The Labute approximate surface area is 148 Å². The summed E-state index contributed by atoms with van der Waals surface area (Å²) in [6.07, 6.45) is 0.433. The van der Waals surface area contributed by atoms with E-state index in [4.69, 9.17) is 0 Å². The van der Waals surface area contributed by atoms with E-state index in [0.717, 1.165) is 23.4 Å². The highest BCUT2D eigenvalue weighted by Crippen LogP contribution is 2.23. The highest BCUT2D eigenvalue weighted by molar-refractivity contribution is 5.96. The van der Waals surface area contributed by atoms with Crippen molar-refractivity contribution in [3.8, 4) is 0 Å². The average Bonchev–Trinajstić information content (AvgIpc) is 3.19. The fourth-order valence-corrected chi connectivity index (χ4v) is 2.98. The Kier molecular flexibility index (Phi) is 4.76. The molecule has 0 bridgehead atoms. The zero-order valence-corrected chi connectivity index (χ0v) is 14.3. The smallest absolute Gasteiger partial charge is 0.270 e. The molecule has 2 heterocycles. The number of halogens is 3. The van der Waals surface area contributed by atoms with E-state index in [1.54, 1.807) is 11.0 Å². The molecule has 1 saturated heterocycles. The average molecular weight is 365 g/mol. The van der Waals surface area contributed by atoms with Crippen molar-refractivity contribution in [2.75, 3.05) is 18.4 Å². The van der Waals surface area contributed by atoms with Crippen molar-refractivity contribution < 1.29 is 22.8 Å². The van der Waals surface area contributed by atoms with E-state index in [1.165, 1.54) is 0 Å². The van der Waals surface area contributed by atoms with E-state index >= 15 is 0 Å². The van der Waals surface area contributed by atoms with Gasteiger partial charge in [-0.05, 0) is 31.9 Å². The summed E-state index contributed by atoms with van der Waals surface area (Å²) in [6.45, 7) is 4.37. The zero-order chi connectivity index (χ0) is 19.0. The molecule has 2 aromatic rings. The van der Waals surface area contributed by atoms with E-state index in [9.17, 15) is 22.8 Å². The number of likely N-dealkylation sites (tertiary alicyclic amines) is 1. The molecule has 1 aliphatic rings. The minimum Gasteiger partial charge on any atom is -0.354 e. The van der Waals surface area contributed by atoms with Gasteiger partial charge in [-0.1, -0.05) is 0 Å². The van der Waals surface area contributed by atoms with Crippen LogP contribution < -0.4 is 5.32 Å². The molecule has 0 aliphatic carbocycles. The molecule has 5 nitrogen and oxygen atoms in total. The zero-order valence-electron chi connectivity index (χ0n) is 14.3. The highest BCUT2D eigenvalue weighted by atomic mass is 19.2. The topological polar surface area (TPSA) is 65.2 Å². The molecular formula is C18H18F3N3O2. The summed E-state index contributed by atoms with van der Waals surface area (Å²) in [4.78, 5) is 29.3. The van der Waals surface area contributed by atoms with Crippen molar-refractivity contribution in [2.45, 2.75) is 20.3 Å². The second kappa shape index (κ2) is 6.86. The van der Waals surface area contributed by atoms with Crippen LogP contribution in [-0.4, -0.2) is 34.8 Å². The van der Waals surface area contributed by atoms with E-state index < -0.39 is 29.3 Å². The quantitative estimate of drug-likeness (QED) is 0.821. The van der Waals surface area contributed by atoms with Gasteiger partial charge in [-0.25, -0.2) is 13.2 Å². The lowest BCUT2D eigenvalue weighted by Gasteiger charge is -2.16. The maximum Gasteiger partial charge on any atom is 0.270 e. The summed E-state index contributed by atoms with van der Waals surface area (Å²) in [5.41, 5.74) is 2.18. The van der Waals surface area contributed by atoms with Gasteiger partial charge in [0.1, 0.15) is 5.69 Å². The Morgan fingerprint density at radius 1 is 1.15 bits per heavy atom. The van der Waals surface area contributed by atoms with Crippen LogP contribution in [0.15, 0.2) is 18.2 Å². The van der Waals surface area contributed by atoms with Crippen molar-refractivity contribution in [3.63, 3.8) is 0 Å². The van der Waals surface area contributed by atoms with E-state index in [1.807, 2.05) is 13.8 Å². The minimum atomic E-state index is -1.59. The van der Waals surface area contributed by atoms with Crippen LogP contribution in [-0.2, 0) is 4.79 Å². The highest BCUT2D eigenvalue weighted by Gasteiger charge is 2.32. The SMILES string of the molecule is Cc1cc(C(=O)N2CC[C@H](C(=O)Nc3cc(F)c(F)c(F)c3)C2)[nH]c1C. The largest absolute Gasteiger partial charge is 0.354 e. The predicted octanol–water partition coefficient (Wildman–Crippen LogP) is 3.15. The summed E-state index contributed by atoms with van der Waals surface area (Å²) in [6, 6.07) is 3.20. The van der Waals surface area contributed by atoms with Gasteiger partial charge >= 0.3 is 0 Å². The van der Waals surface area contributed by atoms with Crippen molar-refractivity contribution in [3.05, 3.63) is 52.6 Å². The number of carbonyl (C=O) groups is 2. The van der Waals surface area contributed by atoms with Crippen molar-refractivity contribution in [1.82, 2.24) is 9.88 Å².